The van der Waals surface area contributed by atoms with Gasteiger partial charge in [0, 0.05) is 31.3 Å². The van der Waals surface area contributed by atoms with Crippen molar-refractivity contribution in [2.45, 2.75) is 26.3 Å². The second-order valence-electron chi connectivity index (χ2n) is 6.05. The highest BCUT2D eigenvalue weighted by molar-refractivity contribution is 5.89. The van der Waals surface area contributed by atoms with Gasteiger partial charge in [0.1, 0.15) is 0 Å². The molecule has 0 fully saturated rings. The molecule has 2 amide bonds. The summed E-state index contributed by atoms with van der Waals surface area (Å²) in [4.78, 5) is 14.5. The Kier molecular flexibility index (Phi) is 5.77. The van der Waals surface area contributed by atoms with Crippen molar-refractivity contribution in [3.63, 3.8) is 0 Å². The number of nitrogens with zero attached hydrogens (tertiary/aromatic N) is 1. The van der Waals surface area contributed by atoms with Crippen molar-refractivity contribution in [1.29, 1.82) is 0 Å². The molecule has 1 aliphatic heterocycles. The van der Waals surface area contributed by atoms with E-state index >= 15 is 0 Å². The first-order valence-corrected chi connectivity index (χ1v) is 8.76. The third-order valence-corrected chi connectivity index (χ3v) is 4.00. The Morgan fingerprint density at radius 2 is 1.84 bits per heavy atom. The molecular weight excluding hydrogens is 316 g/mol. The largest absolute Gasteiger partial charge is 0.490 e. The molecule has 0 atom stereocenters. The van der Waals surface area contributed by atoms with Crippen molar-refractivity contribution in [3.8, 4) is 11.5 Å². The van der Waals surface area contributed by atoms with Crippen LogP contribution in [0, 0.1) is 0 Å². The molecule has 5 heteroatoms. The van der Waals surface area contributed by atoms with Gasteiger partial charge < -0.3 is 19.7 Å². The van der Waals surface area contributed by atoms with Gasteiger partial charge in [-0.15, -0.1) is 0 Å². The standard InChI is InChI=1S/C20H24N2O3/c1-2-11-22(15-16-7-4-3-5-8-16)20(23)21-17-9-10-18-19(14-17)25-13-6-12-24-18/h3-5,7-10,14H,2,6,11-13,15H2,1H3,(H,21,23). The van der Waals surface area contributed by atoms with Gasteiger partial charge in [0.15, 0.2) is 11.5 Å². The fraction of sp³-hybridized carbons (Fsp3) is 0.350. The van der Waals surface area contributed by atoms with E-state index in [0.29, 0.717) is 37.7 Å². The molecule has 0 unspecified atom stereocenters. The summed E-state index contributed by atoms with van der Waals surface area (Å²) in [5.74, 6) is 1.41. The SMILES string of the molecule is CCCN(Cc1ccccc1)C(=O)Nc1ccc2c(c1)OCCCO2. The smallest absolute Gasteiger partial charge is 0.322 e. The third-order valence-electron chi connectivity index (χ3n) is 4.00. The number of ether oxygens (including phenoxy) is 2. The summed E-state index contributed by atoms with van der Waals surface area (Å²) in [7, 11) is 0. The van der Waals surface area contributed by atoms with Gasteiger partial charge in [-0.3, -0.25) is 0 Å². The van der Waals surface area contributed by atoms with E-state index in [1.807, 2.05) is 53.4 Å². The molecule has 25 heavy (non-hydrogen) atoms. The summed E-state index contributed by atoms with van der Waals surface area (Å²) in [6.45, 7) is 4.63. The van der Waals surface area contributed by atoms with Crippen LogP contribution in [0.25, 0.3) is 0 Å². The molecule has 132 valence electrons. The van der Waals surface area contributed by atoms with Gasteiger partial charge in [0.2, 0.25) is 0 Å². The number of anilines is 1. The molecule has 0 aliphatic carbocycles. The first-order valence-electron chi connectivity index (χ1n) is 8.76. The summed E-state index contributed by atoms with van der Waals surface area (Å²) in [6.07, 6.45) is 1.76. The lowest BCUT2D eigenvalue weighted by Gasteiger charge is -2.23. The van der Waals surface area contributed by atoms with Crippen molar-refractivity contribution in [1.82, 2.24) is 4.90 Å². The Bertz CT molecular complexity index is 703. The van der Waals surface area contributed by atoms with Gasteiger partial charge in [-0.25, -0.2) is 4.79 Å². The normalized spacial score (nSPS) is 13.0. The van der Waals surface area contributed by atoms with Crippen LogP contribution in [-0.2, 0) is 6.54 Å². The highest BCUT2D eigenvalue weighted by atomic mass is 16.5. The Morgan fingerprint density at radius 1 is 1.08 bits per heavy atom. The van der Waals surface area contributed by atoms with E-state index in [9.17, 15) is 4.79 Å². The van der Waals surface area contributed by atoms with E-state index in [-0.39, 0.29) is 6.03 Å². The molecule has 0 saturated carbocycles. The summed E-state index contributed by atoms with van der Waals surface area (Å²) in [5.41, 5.74) is 1.83. The lowest BCUT2D eigenvalue weighted by atomic mass is 10.2. The second kappa shape index (κ2) is 8.42. The number of amides is 2. The Morgan fingerprint density at radius 3 is 2.60 bits per heavy atom. The minimum atomic E-state index is -0.111. The second-order valence-corrected chi connectivity index (χ2v) is 6.05. The first kappa shape index (κ1) is 17.1. The number of nitrogens with one attached hydrogen (secondary N) is 1. The van der Waals surface area contributed by atoms with Crippen LogP contribution in [0.3, 0.4) is 0 Å². The zero-order chi connectivity index (χ0) is 17.5. The predicted molar refractivity (Wildman–Crippen MR) is 98.2 cm³/mol. The Hall–Kier alpha value is -2.69. The molecule has 0 spiro atoms. The van der Waals surface area contributed by atoms with Gasteiger partial charge in [-0.2, -0.15) is 0 Å². The number of carbonyl (C=O) groups is 1. The van der Waals surface area contributed by atoms with Gasteiger partial charge >= 0.3 is 6.03 Å². The topological polar surface area (TPSA) is 50.8 Å². The van der Waals surface area contributed by atoms with Crippen molar-refractivity contribution < 1.29 is 14.3 Å². The number of fused-ring (bicyclic) bond motifs is 1. The monoisotopic (exact) mass is 340 g/mol. The molecule has 5 nitrogen and oxygen atoms in total. The molecule has 0 aromatic heterocycles. The van der Waals surface area contributed by atoms with Gasteiger partial charge in [0.25, 0.3) is 0 Å². The van der Waals surface area contributed by atoms with Gasteiger partial charge in [-0.05, 0) is 24.1 Å². The van der Waals surface area contributed by atoms with E-state index in [0.717, 1.165) is 24.2 Å². The summed E-state index contributed by atoms with van der Waals surface area (Å²) < 4.78 is 11.3. The van der Waals surface area contributed by atoms with Crippen LogP contribution in [0.4, 0.5) is 10.5 Å². The zero-order valence-corrected chi connectivity index (χ0v) is 14.5. The van der Waals surface area contributed by atoms with E-state index in [2.05, 4.69) is 12.2 Å². The van der Waals surface area contributed by atoms with Crippen LogP contribution in [0.2, 0.25) is 0 Å². The van der Waals surface area contributed by atoms with Crippen LogP contribution in [0.15, 0.2) is 48.5 Å². The minimum absolute atomic E-state index is 0.111. The molecule has 3 rings (SSSR count). The number of benzene rings is 2. The minimum Gasteiger partial charge on any atom is -0.490 e. The van der Waals surface area contributed by atoms with Crippen molar-refractivity contribution in [2.24, 2.45) is 0 Å². The molecule has 1 N–H and O–H groups in total. The van der Waals surface area contributed by atoms with E-state index in [1.165, 1.54) is 0 Å². The van der Waals surface area contributed by atoms with Gasteiger partial charge in [-0.1, -0.05) is 37.3 Å². The Balaban J connectivity index is 1.69. The summed E-state index contributed by atoms with van der Waals surface area (Å²) >= 11 is 0. The zero-order valence-electron chi connectivity index (χ0n) is 14.5. The molecular formula is C20H24N2O3. The average molecular weight is 340 g/mol. The number of urea groups is 1. The number of carbonyl (C=O) groups excluding carboxylic acids is 1. The first-order chi connectivity index (χ1) is 12.3. The molecule has 2 aromatic carbocycles. The van der Waals surface area contributed by atoms with Crippen molar-refractivity contribution in [3.05, 3.63) is 54.1 Å². The highest BCUT2D eigenvalue weighted by Crippen LogP contribution is 2.32. The summed E-state index contributed by atoms with van der Waals surface area (Å²) in [6, 6.07) is 15.4. The van der Waals surface area contributed by atoms with Crippen molar-refractivity contribution in [2.75, 3.05) is 25.1 Å². The summed E-state index contributed by atoms with van der Waals surface area (Å²) in [5, 5.41) is 2.97. The number of hydrogen-bond acceptors (Lipinski definition) is 3. The Labute approximate surface area is 148 Å². The van der Waals surface area contributed by atoms with E-state index < -0.39 is 0 Å². The van der Waals surface area contributed by atoms with Gasteiger partial charge in [0.05, 0.1) is 13.2 Å². The fourth-order valence-electron chi connectivity index (χ4n) is 2.77. The lowest BCUT2D eigenvalue weighted by molar-refractivity contribution is 0.209. The predicted octanol–water partition coefficient (Wildman–Crippen LogP) is 4.29. The fourth-order valence-corrected chi connectivity index (χ4v) is 2.77. The highest BCUT2D eigenvalue weighted by Gasteiger charge is 2.16. The van der Waals surface area contributed by atoms with Crippen LogP contribution in [-0.4, -0.2) is 30.7 Å². The number of hydrogen-bond donors (Lipinski definition) is 1. The van der Waals surface area contributed by atoms with Crippen LogP contribution in [0.5, 0.6) is 11.5 Å². The van der Waals surface area contributed by atoms with Crippen LogP contribution in [0.1, 0.15) is 25.3 Å². The van der Waals surface area contributed by atoms with Crippen LogP contribution >= 0.6 is 0 Å². The lowest BCUT2D eigenvalue weighted by Crippen LogP contribution is -2.35. The molecule has 0 bridgehead atoms. The quantitative estimate of drug-likeness (QED) is 0.883. The maximum atomic E-state index is 12.7. The molecule has 1 heterocycles. The van der Waals surface area contributed by atoms with Crippen LogP contribution < -0.4 is 14.8 Å². The maximum absolute atomic E-state index is 12.7. The molecule has 2 aromatic rings. The third kappa shape index (κ3) is 4.66. The molecule has 0 radical (unpaired) electrons. The number of rotatable bonds is 5. The molecule has 1 aliphatic rings. The average Bonchev–Trinajstić information content (AvgIpc) is 2.87. The van der Waals surface area contributed by atoms with Crippen molar-refractivity contribution >= 4 is 11.7 Å². The maximum Gasteiger partial charge on any atom is 0.322 e. The van der Waals surface area contributed by atoms with E-state index in [4.69, 9.17) is 9.47 Å². The molecule has 0 saturated heterocycles. The van der Waals surface area contributed by atoms with E-state index in [1.54, 1.807) is 0 Å².